The first kappa shape index (κ1) is 14.2. The molecule has 2 aliphatic rings. The van der Waals surface area contributed by atoms with E-state index in [-0.39, 0.29) is 23.2 Å². The van der Waals surface area contributed by atoms with Crippen molar-refractivity contribution in [2.45, 2.75) is 31.9 Å². The summed E-state index contributed by atoms with van der Waals surface area (Å²) in [7, 11) is 0. The van der Waals surface area contributed by atoms with E-state index in [1.165, 1.54) is 18.6 Å². The third-order valence-electron chi connectivity index (χ3n) is 4.70. The Morgan fingerprint density at radius 2 is 2.00 bits per heavy atom. The number of carbonyl (C=O) groups excluding carboxylic acids is 1. The maximum atomic E-state index is 12.8. The van der Waals surface area contributed by atoms with Crippen LogP contribution in [0.4, 0.5) is 24.5 Å². The summed E-state index contributed by atoms with van der Waals surface area (Å²) in [5, 5.41) is 2.61. The summed E-state index contributed by atoms with van der Waals surface area (Å²) in [5.41, 5.74) is 4.26. The Morgan fingerprint density at radius 1 is 1.24 bits per heavy atom. The molecule has 1 amide bonds. The van der Waals surface area contributed by atoms with Gasteiger partial charge in [-0.3, -0.25) is 4.79 Å². The van der Waals surface area contributed by atoms with Crippen LogP contribution in [-0.4, -0.2) is 5.91 Å². The number of rotatable bonds is 2. The number of nitrogens with one attached hydrogen (secondary N) is 1. The minimum atomic E-state index is -4.52. The van der Waals surface area contributed by atoms with Crippen LogP contribution in [0.3, 0.4) is 0 Å². The van der Waals surface area contributed by atoms with Crippen LogP contribution in [-0.2, 0) is 11.0 Å². The largest absolute Gasteiger partial charge is 0.418 e. The predicted octanol–water partition coefficient (Wildman–Crippen LogP) is 3.66. The van der Waals surface area contributed by atoms with Crippen molar-refractivity contribution in [3.05, 3.63) is 23.8 Å². The number of nitrogens with two attached hydrogens (primary N) is 1. The molecule has 0 radical (unpaired) electrons. The lowest BCUT2D eigenvalue weighted by Gasteiger charge is -2.21. The fraction of sp³-hybridized carbons (Fsp3) is 0.533. The number of benzene rings is 1. The number of carbonyl (C=O) groups is 1. The van der Waals surface area contributed by atoms with Gasteiger partial charge in [-0.1, -0.05) is 6.42 Å². The second kappa shape index (κ2) is 4.93. The summed E-state index contributed by atoms with van der Waals surface area (Å²) in [4.78, 5) is 12.2. The first-order chi connectivity index (χ1) is 9.84. The molecule has 0 saturated heterocycles. The highest BCUT2D eigenvalue weighted by molar-refractivity contribution is 5.93. The minimum Gasteiger partial charge on any atom is -0.398 e. The van der Waals surface area contributed by atoms with Crippen LogP contribution in [0.2, 0.25) is 0 Å². The lowest BCUT2D eigenvalue weighted by atomic mass is 9.88. The molecule has 1 aromatic rings. The summed E-state index contributed by atoms with van der Waals surface area (Å²) >= 11 is 0. The Labute approximate surface area is 120 Å². The summed E-state index contributed by atoms with van der Waals surface area (Å²) in [6.45, 7) is 0. The van der Waals surface area contributed by atoms with E-state index < -0.39 is 11.7 Å². The van der Waals surface area contributed by atoms with E-state index in [4.69, 9.17) is 5.73 Å². The average molecular weight is 298 g/mol. The molecular formula is C15H17F3N2O. The zero-order valence-corrected chi connectivity index (χ0v) is 11.4. The van der Waals surface area contributed by atoms with Gasteiger partial charge in [-0.15, -0.1) is 0 Å². The molecule has 0 heterocycles. The van der Waals surface area contributed by atoms with E-state index in [0.29, 0.717) is 11.8 Å². The molecule has 1 aromatic carbocycles. The number of alkyl halides is 3. The molecule has 3 atom stereocenters. The van der Waals surface area contributed by atoms with Gasteiger partial charge >= 0.3 is 6.18 Å². The molecule has 21 heavy (non-hydrogen) atoms. The Balaban J connectivity index is 1.75. The molecule has 3 rings (SSSR count). The monoisotopic (exact) mass is 298 g/mol. The van der Waals surface area contributed by atoms with Crippen molar-refractivity contribution in [1.82, 2.24) is 0 Å². The number of anilines is 2. The maximum Gasteiger partial charge on any atom is 0.418 e. The molecule has 6 heteroatoms. The van der Waals surface area contributed by atoms with E-state index in [9.17, 15) is 18.0 Å². The Kier molecular flexibility index (Phi) is 3.34. The standard InChI is InChI=1S/C15H17F3N2O/c16-15(17,18)12-7-10(3-4-13(12)19)20-14(21)11-6-8-1-2-9(11)5-8/h3-4,7-9,11H,1-2,5-6,19H2,(H,20,21). The highest BCUT2D eigenvalue weighted by atomic mass is 19.4. The molecule has 3 nitrogen and oxygen atoms in total. The summed E-state index contributed by atoms with van der Waals surface area (Å²) in [6.07, 6.45) is -0.352. The molecule has 3 unspecified atom stereocenters. The van der Waals surface area contributed by atoms with Gasteiger partial charge < -0.3 is 11.1 Å². The molecule has 2 saturated carbocycles. The number of amides is 1. The van der Waals surface area contributed by atoms with Crippen LogP contribution < -0.4 is 11.1 Å². The van der Waals surface area contributed by atoms with E-state index in [2.05, 4.69) is 5.32 Å². The topological polar surface area (TPSA) is 55.1 Å². The Bertz CT molecular complexity index is 571. The van der Waals surface area contributed by atoms with Crippen molar-refractivity contribution in [2.75, 3.05) is 11.1 Å². The first-order valence-electron chi connectivity index (χ1n) is 7.12. The number of halogens is 3. The van der Waals surface area contributed by atoms with Gasteiger partial charge in [0.1, 0.15) is 0 Å². The van der Waals surface area contributed by atoms with E-state index in [1.54, 1.807) is 0 Å². The van der Waals surface area contributed by atoms with Crippen LogP contribution in [0.1, 0.15) is 31.2 Å². The lowest BCUT2D eigenvalue weighted by Crippen LogP contribution is -2.27. The van der Waals surface area contributed by atoms with E-state index >= 15 is 0 Å². The summed E-state index contributed by atoms with van der Waals surface area (Å²) < 4.78 is 38.4. The fourth-order valence-corrected chi connectivity index (χ4v) is 3.68. The molecule has 114 valence electrons. The van der Waals surface area contributed by atoms with Crippen LogP contribution in [0, 0.1) is 17.8 Å². The van der Waals surface area contributed by atoms with E-state index in [0.717, 1.165) is 25.3 Å². The molecule has 2 fully saturated rings. The zero-order valence-electron chi connectivity index (χ0n) is 11.4. The molecule has 0 aromatic heterocycles. The smallest absolute Gasteiger partial charge is 0.398 e. The highest BCUT2D eigenvalue weighted by Crippen LogP contribution is 2.48. The number of hydrogen-bond donors (Lipinski definition) is 2. The molecule has 2 bridgehead atoms. The van der Waals surface area contributed by atoms with Crippen molar-refractivity contribution in [2.24, 2.45) is 17.8 Å². The first-order valence-corrected chi connectivity index (χ1v) is 7.12. The Morgan fingerprint density at radius 3 is 2.57 bits per heavy atom. The molecule has 3 N–H and O–H groups in total. The van der Waals surface area contributed by atoms with E-state index in [1.807, 2.05) is 0 Å². The van der Waals surface area contributed by atoms with Gasteiger partial charge in [-0.2, -0.15) is 13.2 Å². The van der Waals surface area contributed by atoms with Crippen molar-refractivity contribution in [3.63, 3.8) is 0 Å². The van der Waals surface area contributed by atoms with Crippen molar-refractivity contribution in [3.8, 4) is 0 Å². The minimum absolute atomic E-state index is 0.0596. The number of hydrogen-bond acceptors (Lipinski definition) is 2. The average Bonchev–Trinajstić information content (AvgIpc) is 3.02. The van der Waals surface area contributed by atoms with Crippen LogP contribution >= 0.6 is 0 Å². The van der Waals surface area contributed by atoms with Crippen molar-refractivity contribution < 1.29 is 18.0 Å². The van der Waals surface area contributed by atoms with Gasteiger partial charge in [0.2, 0.25) is 5.91 Å². The second-order valence-electron chi connectivity index (χ2n) is 6.07. The summed E-state index contributed by atoms with van der Waals surface area (Å²) in [6, 6.07) is 3.50. The predicted molar refractivity (Wildman–Crippen MR) is 73.4 cm³/mol. The Hall–Kier alpha value is -1.72. The molecular weight excluding hydrogens is 281 g/mol. The molecule has 2 aliphatic carbocycles. The SMILES string of the molecule is Nc1ccc(NC(=O)C2CC3CCC2C3)cc1C(F)(F)F. The highest BCUT2D eigenvalue weighted by Gasteiger charge is 2.43. The normalized spacial score (nSPS) is 27.9. The van der Waals surface area contributed by atoms with Crippen molar-refractivity contribution >= 4 is 17.3 Å². The van der Waals surface area contributed by atoms with Crippen LogP contribution in [0.25, 0.3) is 0 Å². The van der Waals surface area contributed by atoms with Gasteiger partial charge in [-0.05, 0) is 49.3 Å². The van der Waals surface area contributed by atoms with Gasteiger partial charge in [0.15, 0.2) is 0 Å². The number of fused-ring (bicyclic) bond motifs is 2. The van der Waals surface area contributed by atoms with Crippen molar-refractivity contribution in [1.29, 1.82) is 0 Å². The third-order valence-corrected chi connectivity index (χ3v) is 4.70. The van der Waals surface area contributed by atoms with Gasteiger partial charge in [-0.25, -0.2) is 0 Å². The maximum absolute atomic E-state index is 12.8. The second-order valence-corrected chi connectivity index (χ2v) is 6.07. The van der Waals surface area contributed by atoms with Gasteiger partial charge in [0.05, 0.1) is 5.56 Å². The number of nitrogen functional groups attached to an aromatic ring is 1. The quantitative estimate of drug-likeness (QED) is 0.819. The summed E-state index contributed by atoms with van der Waals surface area (Å²) in [5.74, 6) is 0.782. The third kappa shape index (κ3) is 2.71. The van der Waals surface area contributed by atoms with Crippen LogP contribution in [0.5, 0.6) is 0 Å². The van der Waals surface area contributed by atoms with Gasteiger partial charge in [0, 0.05) is 17.3 Å². The lowest BCUT2D eigenvalue weighted by molar-refractivity contribution is -0.137. The fourth-order valence-electron chi connectivity index (χ4n) is 3.68. The zero-order chi connectivity index (χ0) is 15.2. The van der Waals surface area contributed by atoms with Crippen LogP contribution in [0.15, 0.2) is 18.2 Å². The molecule has 0 spiro atoms. The molecule has 0 aliphatic heterocycles. The van der Waals surface area contributed by atoms with Gasteiger partial charge in [0.25, 0.3) is 0 Å².